The first-order valence-electron chi connectivity index (χ1n) is 18.6. The molecule has 4 N–H and O–H groups in total. The Bertz CT molecular complexity index is 756. The van der Waals surface area contributed by atoms with Gasteiger partial charge in [0.1, 0.15) is 6.10 Å². The number of esters is 1. The highest BCUT2D eigenvalue weighted by atomic mass is 16.5. The Labute approximate surface area is 269 Å². The second kappa shape index (κ2) is 24.2. The van der Waals surface area contributed by atoms with Crippen LogP contribution >= 0.6 is 0 Å². The summed E-state index contributed by atoms with van der Waals surface area (Å²) in [5.41, 5.74) is 0.596. The summed E-state index contributed by atoms with van der Waals surface area (Å²) in [7, 11) is 0. The topological polar surface area (TPSA) is 116 Å². The van der Waals surface area contributed by atoms with Crippen LogP contribution in [0.25, 0.3) is 0 Å². The summed E-state index contributed by atoms with van der Waals surface area (Å²) in [5.74, 6) is -0.298. The van der Waals surface area contributed by atoms with Crippen LogP contribution in [0.5, 0.6) is 0 Å². The molecule has 2 rings (SSSR count). The van der Waals surface area contributed by atoms with Crippen LogP contribution in [0.3, 0.4) is 0 Å². The largest absolute Gasteiger partial charge is 0.455 e. The molecule has 2 aliphatic rings. The predicted molar refractivity (Wildman–Crippen MR) is 177 cm³/mol. The van der Waals surface area contributed by atoms with Crippen LogP contribution < -0.4 is 0 Å². The van der Waals surface area contributed by atoms with Crippen molar-refractivity contribution >= 4 is 5.97 Å². The fourth-order valence-corrected chi connectivity index (χ4v) is 6.77. The fourth-order valence-electron chi connectivity index (χ4n) is 6.77. The molecule has 7 atom stereocenters. The molecule has 2 heterocycles. The standard InChI is InChI=1S/C37H68O7/c1-3-4-5-6-7-8-9-10-14-17-23-33(40)35-25-26-36(44-35)34(41)24-19-18-21-31(38)20-15-12-11-13-16-22-32(39)28-30-27-29(2)43-37(30)42/h27,29,31-36,38-41H,3-26,28H2,1-2H3/t29-,31+,32+,33-,34+,35-,36-/m0/s1. The van der Waals surface area contributed by atoms with E-state index in [1.807, 2.05) is 6.92 Å². The number of hydrogen-bond donors (Lipinski definition) is 4. The summed E-state index contributed by atoms with van der Waals surface area (Å²) in [6.07, 6.45) is 25.2. The summed E-state index contributed by atoms with van der Waals surface area (Å²) in [4.78, 5) is 11.7. The van der Waals surface area contributed by atoms with E-state index < -0.39 is 18.3 Å². The van der Waals surface area contributed by atoms with E-state index in [4.69, 9.17) is 9.47 Å². The highest BCUT2D eigenvalue weighted by Gasteiger charge is 2.34. The number of ether oxygens (including phenoxy) is 2. The maximum Gasteiger partial charge on any atom is 0.334 e. The lowest BCUT2D eigenvalue weighted by molar-refractivity contribution is -0.139. The van der Waals surface area contributed by atoms with Gasteiger partial charge in [-0.05, 0) is 57.9 Å². The number of hydrogen-bond acceptors (Lipinski definition) is 7. The van der Waals surface area contributed by atoms with Crippen LogP contribution in [0.2, 0.25) is 0 Å². The second-order valence-corrected chi connectivity index (χ2v) is 13.8. The lowest BCUT2D eigenvalue weighted by Crippen LogP contribution is -2.31. The molecule has 0 amide bonds. The third kappa shape index (κ3) is 17.6. The number of carbonyl (C=O) groups excluding carboxylic acids is 1. The molecule has 0 saturated carbocycles. The molecule has 0 bridgehead atoms. The zero-order chi connectivity index (χ0) is 32.0. The molecule has 0 spiro atoms. The van der Waals surface area contributed by atoms with Crippen molar-refractivity contribution in [3.05, 3.63) is 11.6 Å². The number of carbonyl (C=O) groups is 1. The first-order chi connectivity index (χ1) is 21.3. The quantitative estimate of drug-likeness (QED) is 0.0518. The van der Waals surface area contributed by atoms with Gasteiger partial charge in [-0.2, -0.15) is 0 Å². The summed E-state index contributed by atoms with van der Waals surface area (Å²) < 4.78 is 11.1. The average molecular weight is 625 g/mol. The van der Waals surface area contributed by atoms with Gasteiger partial charge in [0.15, 0.2) is 0 Å². The van der Waals surface area contributed by atoms with Gasteiger partial charge in [-0.25, -0.2) is 4.79 Å². The lowest BCUT2D eigenvalue weighted by Gasteiger charge is -2.22. The molecule has 0 radical (unpaired) electrons. The summed E-state index contributed by atoms with van der Waals surface area (Å²) in [6.45, 7) is 4.08. The fraction of sp³-hybridized carbons (Fsp3) is 0.919. The van der Waals surface area contributed by atoms with Gasteiger partial charge in [0.2, 0.25) is 0 Å². The van der Waals surface area contributed by atoms with Crippen LogP contribution in [0, 0.1) is 0 Å². The Morgan fingerprint density at radius 3 is 1.52 bits per heavy atom. The van der Waals surface area contributed by atoms with Crippen molar-refractivity contribution in [2.24, 2.45) is 0 Å². The smallest absolute Gasteiger partial charge is 0.334 e. The Balaban J connectivity index is 1.38. The van der Waals surface area contributed by atoms with Gasteiger partial charge in [0.05, 0.1) is 36.6 Å². The molecule has 1 saturated heterocycles. The van der Waals surface area contributed by atoms with E-state index in [1.165, 1.54) is 57.8 Å². The molecule has 2 aliphatic heterocycles. The van der Waals surface area contributed by atoms with Gasteiger partial charge in [0.25, 0.3) is 0 Å². The molecule has 0 aromatic rings. The van der Waals surface area contributed by atoms with Crippen molar-refractivity contribution in [2.45, 2.75) is 217 Å². The minimum atomic E-state index is -0.494. The molecule has 0 aromatic carbocycles. The Morgan fingerprint density at radius 1 is 0.636 bits per heavy atom. The third-order valence-corrected chi connectivity index (χ3v) is 9.61. The monoisotopic (exact) mass is 624 g/mol. The van der Waals surface area contributed by atoms with E-state index in [0.717, 1.165) is 83.5 Å². The number of aliphatic hydroxyl groups excluding tert-OH is 4. The first kappa shape index (κ1) is 39.2. The van der Waals surface area contributed by atoms with E-state index in [9.17, 15) is 25.2 Å². The molecule has 0 unspecified atom stereocenters. The Kier molecular flexibility index (Phi) is 21.6. The number of aliphatic hydroxyl groups is 4. The maximum absolute atomic E-state index is 11.7. The van der Waals surface area contributed by atoms with E-state index in [2.05, 4.69) is 6.92 Å². The van der Waals surface area contributed by atoms with Crippen LogP contribution in [-0.4, -0.2) is 69.1 Å². The average Bonchev–Trinajstić information content (AvgIpc) is 3.61. The van der Waals surface area contributed by atoms with Gasteiger partial charge < -0.3 is 29.9 Å². The van der Waals surface area contributed by atoms with Crippen molar-refractivity contribution in [1.82, 2.24) is 0 Å². The lowest BCUT2D eigenvalue weighted by atomic mass is 9.99. The summed E-state index contributed by atoms with van der Waals surface area (Å²) >= 11 is 0. The molecule has 44 heavy (non-hydrogen) atoms. The molecule has 0 aromatic heterocycles. The molecular weight excluding hydrogens is 556 g/mol. The zero-order valence-corrected chi connectivity index (χ0v) is 28.3. The summed E-state index contributed by atoms with van der Waals surface area (Å²) in [6, 6.07) is 0. The minimum absolute atomic E-state index is 0.139. The molecule has 1 fully saturated rings. The number of unbranched alkanes of at least 4 members (excludes halogenated alkanes) is 14. The Hall–Kier alpha value is -0.990. The minimum Gasteiger partial charge on any atom is -0.455 e. The zero-order valence-electron chi connectivity index (χ0n) is 28.3. The molecular formula is C37H68O7. The van der Waals surface area contributed by atoms with Crippen LogP contribution in [0.15, 0.2) is 11.6 Å². The van der Waals surface area contributed by atoms with Crippen LogP contribution in [-0.2, 0) is 14.3 Å². The first-order valence-corrected chi connectivity index (χ1v) is 18.6. The highest BCUT2D eigenvalue weighted by molar-refractivity contribution is 5.90. The van der Waals surface area contributed by atoms with Crippen molar-refractivity contribution in [3.63, 3.8) is 0 Å². The maximum atomic E-state index is 11.7. The predicted octanol–water partition coefficient (Wildman–Crippen LogP) is 7.84. The SMILES string of the molecule is CCCCCCCCCCCC[C@H](O)[C@@H]1CC[C@@H]([C@H](O)CCCC[C@H](O)CCCCCCC[C@@H](O)CC2=C[C@H](C)OC2=O)O1. The van der Waals surface area contributed by atoms with Crippen molar-refractivity contribution in [2.75, 3.05) is 0 Å². The van der Waals surface area contributed by atoms with Gasteiger partial charge in [-0.3, -0.25) is 0 Å². The number of cyclic esters (lactones) is 1. The number of rotatable bonds is 28. The van der Waals surface area contributed by atoms with E-state index >= 15 is 0 Å². The molecule has 7 heteroatoms. The van der Waals surface area contributed by atoms with E-state index in [-0.39, 0.29) is 30.4 Å². The van der Waals surface area contributed by atoms with Gasteiger partial charge in [-0.15, -0.1) is 0 Å². The highest BCUT2D eigenvalue weighted by Crippen LogP contribution is 2.28. The van der Waals surface area contributed by atoms with Crippen molar-refractivity contribution in [3.8, 4) is 0 Å². The van der Waals surface area contributed by atoms with Gasteiger partial charge in [0, 0.05) is 12.0 Å². The van der Waals surface area contributed by atoms with E-state index in [0.29, 0.717) is 24.8 Å². The third-order valence-electron chi connectivity index (χ3n) is 9.61. The normalized spacial score (nSPS) is 23.0. The van der Waals surface area contributed by atoms with Crippen LogP contribution in [0.4, 0.5) is 0 Å². The van der Waals surface area contributed by atoms with Crippen molar-refractivity contribution in [1.29, 1.82) is 0 Å². The van der Waals surface area contributed by atoms with Crippen LogP contribution in [0.1, 0.15) is 174 Å². The summed E-state index contributed by atoms with van der Waals surface area (Å²) in [5, 5.41) is 41.8. The molecule has 258 valence electrons. The Morgan fingerprint density at radius 2 is 1.05 bits per heavy atom. The van der Waals surface area contributed by atoms with Gasteiger partial charge >= 0.3 is 5.97 Å². The van der Waals surface area contributed by atoms with E-state index in [1.54, 1.807) is 6.08 Å². The molecule has 0 aliphatic carbocycles. The van der Waals surface area contributed by atoms with Crippen molar-refractivity contribution < 1.29 is 34.7 Å². The molecule has 7 nitrogen and oxygen atoms in total. The van der Waals surface area contributed by atoms with Gasteiger partial charge in [-0.1, -0.05) is 116 Å². The second-order valence-electron chi connectivity index (χ2n) is 13.8.